The Labute approximate surface area is 126 Å². The molecule has 2 rings (SSSR count). The highest BCUT2D eigenvalue weighted by atomic mass is 32.2. The summed E-state index contributed by atoms with van der Waals surface area (Å²) < 4.78 is 24.5. The Bertz CT molecular complexity index is 614. The van der Waals surface area contributed by atoms with Crippen LogP contribution in [0.4, 0.5) is 0 Å². The van der Waals surface area contributed by atoms with Crippen LogP contribution < -0.4 is 5.32 Å². The van der Waals surface area contributed by atoms with E-state index in [0.29, 0.717) is 18.2 Å². The third-order valence-electron chi connectivity index (χ3n) is 3.84. The van der Waals surface area contributed by atoms with Gasteiger partial charge >= 0.3 is 0 Å². The van der Waals surface area contributed by atoms with Gasteiger partial charge in [-0.1, -0.05) is 6.07 Å². The Morgan fingerprint density at radius 2 is 2.10 bits per heavy atom. The summed E-state index contributed by atoms with van der Waals surface area (Å²) in [5.41, 5.74) is 0.374. The lowest BCUT2D eigenvalue weighted by molar-refractivity contribution is 0.236. The van der Waals surface area contributed by atoms with Gasteiger partial charge in [-0.2, -0.15) is 5.26 Å². The van der Waals surface area contributed by atoms with Crippen molar-refractivity contribution in [1.82, 2.24) is 10.2 Å². The molecule has 1 N–H and O–H groups in total. The molecule has 21 heavy (non-hydrogen) atoms. The summed E-state index contributed by atoms with van der Waals surface area (Å²) in [5, 5.41) is 12.2. The molecule has 1 aromatic rings. The molecular formula is C15H21N3O2S. The molecule has 1 aromatic carbocycles. The van der Waals surface area contributed by atoms with E-state index in [1.165, 1.54) is 6.07 Å². The van der Waals surface area contributed by atoms with Gasteiger partial charge in [0.25, 0.3) is 0 Å². The number of sulfone groups is 1. The van der Waals surface area contributed by atoms with Crippen molar-refractivity contribution < 1.29 is 8.42 Å². The second-order valence-electron chi connectivity index (χ2n) is 5.49. The Kier molecular flexibility index (Phi) is 5.34. The molecule has 6 heteroatoms. The van der Waals surface area contributed by atoms with E-state index in [9.17, 15) is 8.42 Å². The Morgan fingerprint density at radius 3 is 2.76 bits per heavy atom. The average molecular weight is 307 g/mol. The molecule has 0 saturated carbocycles. The minimum Gasteiger partial charge on any atom is -0.313 e. The minimum atomic E-state index is -3.33. The quantitative estimate of drug-likeness (QED) is 0.879. The Morgan fingerprint density at radius 1 is 1.38 bits per heavy atom. The van der Waals surface area contributed by atoms with Gasteiger partial charge in [0, 0.05) is 12.6 Å². The molecule has 0 amide bonds. The van der Waals surface area contributed by atoms with Gasteiger partial charge in [0.05, 0.1) is 22.3 Å². The van der Waals surface area contributed by atoms with Crippen molar-refractivity contribution in [2.75, 3.05) is 32.4 Å². The molecule has 0 aliphatic carbocycles. The number of nitrogens with one attached hydrogen (secondary N) is 1. The van der Waals surface area contributed by atoms with Crippen molar-refractivity contribution in [3.8, 4) is 6.07 Å². The van der Waals surface area contributed by atoms with Crippen LogP contribution in [0, 0.1) is 11.3 Å². The second kappa shape index (κ2) is 7.03. The van der Waals surface area contributed by atoms with Crippen molar-refractivity contribution in [3.05, 3.63) is 29.8 Å². The second-order valence-corrected chi connectivity index (χ2v) is 7.60. The molecule has 1 heterocycles. The van der Waals surface area contributed by atoms with Crippen LogP contribution in [0.25, 0.3) is 0 Å². The summed E-state index contributed by atoms with van der Waals surface area (Å²) in [5.74, 6) is 0.0637. The lowest BCUT2D eigenvalue weighted by atomic mass is 10.1. The predicted octanol–water partition coefficient (Wildman–Crippen LogP) is 1.02. The van der Waals surface area contributed by atoms with Crippen molar-refractivity contribution in [2.45, 2.75) is 23.8 Å². The first kappa shape index (κ1) is 16.0. The van der Waals surface area contributed by atoms with E-state index in [0.717, 1.165) is 25.9 Å². The smallest absolute Gasteiger partial charge is 0.179 e. The standard InChI is InChI=1S/C15H21N3O2S/c1-18-8-5-14(6-9-18)17-7-10-21(19,20)15-4-2-3-13(11-15)12-16/h2-4,11,14,17H,5-10H2,1H3. The minimum absolute atomic E-state index is 0.0637. The molecule has 0 spiro atoms. The van der Waals surface area contributed by atoms with Gasteiger partial charge in [0.2, 0.25) is 0 Å². The first-order valence-corrected chi connectivity index (χ1v) is 8.81. The number of benzene rings is 1. The topological polar surface area (TPSA) is 73.2 Å². The number of hydrogen-bond acceptors (Lipinski definition) is 5. The lowest BCUT2D eigenvalue weighted by Gasteiger charge is -2.29. The molecule has 1 aliphatic rings. The van der Waals surface area contributed by atoms with Crippen LogP contribution in [-0.2, 0) is 9.84 Å². The van der Waals surface area contributed by atoms with E-state index in [-0.39, 0.29) is 10.6 Å². The van der Waals surface area contributed by atoms with Gasteiger partial charge < -0.3 is 10.2 Å². The van der Waals surface area contributed by atoms with Crippen LogP contribution >= 0.6 is 0 Å². The zero-order valence-corrected chi connectivity index (χ0v) is 13.1. The molecule has 5 nitrogen and oxygen atoms in total. The van der Waals surface area contributed by atoms with Gasteiger partial charge in [0.15, 0.2) is 9.84 Å². The van der Waals surface area contributed by atoms with E-state index in [2.05, 4.69) is 17.3 Å². The molecule has 0 atom stereocenters. The molecule has 1 fully saturated rings. The van der Waals surface area contributed by atoms with Crippen LogP contribution in [0.1, 0.15) is 18.4 Å². The zero-order chi connectivity index (χ0) is 15.3. The van der Waals surface area contributed by atoms with E-state index in [1.54, 1.807) is 18.2 Å². The van der Waals surface area contributed by atoms with Crippen LogP contribution in [0.2, 0.25) is 0 Å². The van der Waals surface area contributed by atoms with Crippen LogP contribution in [0.3, 0.4) is 0 Å². The summed E-state index contributed by atoms with van der Waals surface area (Å²) >= 11 is 0. The fraction of sp³-hybridized carbons (Fsp3) is 0.533. The van der Waals surface area contributed by atoms with Gasteiger partial charge in [-0.25, -0.2) is 8.42 Å². The molecule has 0 bridgehead atoms. The summed E-state index contributed by atoms with van der Waals surface area (Å²) in [7, 11) is -1.23. The van der Waals surface area contributed by atoms with Gasteiger partial charge in [0.1, 0.15) is 0 Å². The monoisotopic (exact) mass is 307 g/mol. The lowest BCUT2D eigenvalue weighted by Crippen LogP contribution is -2.42. The maximum atomic E-state index is 12.2. The number of rotatable bonds is 5. The van der Waals surface area contributed by atoms with Crippen molar-refractivity contribution in [1.29, 1.82) is 5.26 Å². The largest absolute Gasteiger partial charge is 0.313 e. The highest BCUT2D eigenvalue weighted by molar-refractivity contribution is 7.91. The average Bonchev–Trinajstić information content (AvgIpc) is 2.49. The van der Waals surface area contributed by atoms with Crippen LogP contribution in [0.5, 0.6) is 0 Å². The maximum absolute atomic E-state index is 12.2. The van der Waals surface area contributed by atoms with E-state index in [4.69, 9.17) is 5.26 Å². The van der Waals surface area contributed by atoms with Crippen molar-refractivity contribution >= 4 is 9.84 Å². The zero-order valence-electron chi connectivity index (χ0n) is 12.2. The summed E-state index contributed by atoms with van der Waals surface area (Å²) in [6.07, 6.45) is 2.11. The van der Waals surface area contributed by atoms with E-state index >= 15 is 0 Å². The first-order valence-electron chi connectivity index (χ1n) is 7.16. The summed E-state index contributed by atoms with van der Waals surface area (Å²) in [6, 6.07) is 8.57. The van der Waals surface area contributed by atoms with E-state index < -0.39 is 9.84 Å². The predicted molar refractivity (Wildman–Crippen MR) is 81.7 cm³/mol. The molecule has 1 aliphatic heterocycles. The van der Waals surface area contributed by atoms with Gasteiger partial charge in [-0.15, -0.1) is 0 Å². The SMILES string of the molecule is CN1CCC(NCCS(=O)(=O)c2cccc(C#N)c2)CC1. The fourth-order valence-corrected chi connectivity index (χ4v) is 3.70. The maximum Gasteiger partial charge on any atom is 0.179 e. The van der Waals surface area contributed by atoms with Crippen LogP contribution in [-0.4, -0.2) is 51.8 Å². The number of hydrogen-bond donors (Lipinski definition) is 1. The summed E-state index contributed by atoms with van der Waals surface area (Å²) in [4.78, 5) is 2.51. The Hall–Kier alpha value is -1.42. The van der Waals surface area contributed by atoms with E-state index in [1.807, 2.05) is 6.07 Å². The highest BCUT2D eigenvalue weighted by Gasteiger charge is 2.18. The number of nitriles is 1. The number of likely N-dealkylation sites (tertiary alicyclic amines) is 1. The molecule has 0 unspecified atom stereocenters. The molecule has 0 radical (unpaired) electrons. The van der Waals surface area contributed by atoms with Crippen molar-refractivity contribution in [2.24, 2.45) is 0 Å². The molecule has 114 valence electrons. The van der Waals surface area contributed by atoms with Gasteiger partial charge in [-0.05, 0) is 51.2 Å². The van der Waals surface area contributed by atoms with Crippen molar-refractivity contribution in [3.63, 3.8) is 0 Å². The number of piperidine rings is 1. The van der Waals surface area contributed by atoms with Crippen LogP contribution in [0.15, 0.2) is 29.2 Å². The molecular weight excluding hydrogens is 286 g/mol. The third kappa shape index (κ3) is 4.53. The third-order valence-corrected chi connectivity index (χ3v) is 5.56. The fourth-order valence-electron chi connectivity index (χ4n) is 2.49. The highest BCUT2D eigenvalue weighted by Crippen LogP contribution is 2.13. The van der Waals surface area contributed by atoms with Gasteiger partial charge in [-0.3, -0.25) is 0 Å². The summed E-state index contributed by atoms with van der Waals surface area (Å²) in [6.45, 7) is 2.55. The molecule has 0 aromatic heterocycles. The molecule has 1 saturated heterocycles. The normalized spacial score (nSPS) is 17.5. The number of nitrogens with zero attached hydrogens (tertiary/aromatic N) is 2. The first-order chi connectivity index (χ1) is 10.0. The Balaban J connectivity index is 1.88.